The average Bonchev–Trinajstić information content (AvgIpc) is 3.13. The number of rotatable bonds is 5. The maximum absolute atomic E-state index is 14.4. The fourth-order valence-electron chi connectivity index (χ4n) is 3.79. The van der Waals surface area contributed by atoms with Gasteiger partial charge in [-0.3, -0.25) is 14.4 Å². The Labute approximate surface area is 229 Å². The van der Waals surface area contributed by atoms with Crippen molar-refractivity contribution in [2.45, 2.75) is 52.1 Å². The summed E-state index contributed by atoms with van der Waals surface area (Å²) in [5.74, 6) is 0.764. The van der Waals surface area contributed by atoms with Crippen molar-refractivity contribution in [3.8, 4) is 18.1 Å². The van der Waals surface area contributed by atoms with Crippen LogP contribution in [0.25, 0.3) is 0 Å². The number of halogens is 4. The van der Waals surface area contributed by atoms with Gasteiger partial charge in [0, 0.05) is 29.3 Å². The van der Waals surface area contributed by atoms with E-state index in [4.69, 9.17) is 46.0 Å². The number of benzene rings is 2. The molecule has 0 fully saturated rings. The lowest BCUT2D eigenvalue weighted by molar-refractivity contribution is -0.121. The molecule has 1 aliphatic carbocycles. The zero-order valence-corrected chi connectivity index (χ0v) is 22.4. The van der Waals surface area contributed by atoms with Gasteiger partial charge in [-0.25, -0.2) is 9.29 Å². The Bertz CT molecular complexity index is 1290. The predicted octanol–water partition coefficient (Wildman–Crippen LogP) is 6.97. The standard InChI is InChI=1S/C18H15ClFNO3.C9H9Cl2NO/c1-3-10(2)24-16-9-15(14(20)8-13(16)19)21-17(22)11-6-4-5-7-12(11)18(21)23;1-2-9(13)12-6-3-4-7(10)8(11)5-6/h1,8-10H,4-7H2,2H3;3-5H,2H2,1H3,(H,12,13). The number of carbonyl (C=O) groups is 3. The fraction of sp³-hybridized carbons (Fsp3) is 0.296. The summed E-state index contributed by atoms with van der Waals surface area (Å²) in [6.45, 7) is 3.42. The number of terminal acetylenes is 1. The Hall–Kier alpha value is -3.05. The van der Waals surface area contributed by atoms with Crippen LogP contribution in [0.4, 0.5) is 15.8 Å². The number of nitrogens with one attached hydrogen (secondary N) is 1. The summed E-state index contributed by atoms with van der Waals surface area (Å²) >= 11 is 17.4. The Balaban J connectivity index is 0.000000248. The molecule has 0 spiro atoms. The summed E-state index contributed by atoms with van der Waals surface area (Å²) in [5, 5.41) is 3.62. The monoisotopic (exact) mass is 564 g/mol. The van der Waals surface area contributed by atoms with Crippen molar-refractivity contribution in [3.63, 3.8) is 0 Å². The van der Waals surface area contributed by atoms with E-state index in [9.17, 15) is 18.8 Å². The lowest BCUT2D eigenvalue weighted by Gasteiger charge is -2.19. The second-order valence-corrected chi connectivity index (χ2v) is 9.52. The van der Waals surface area contributed by atoms with E-state index in [1.54, 1.807) is 32.0 Å². The molecule has 1 N–H and O–H groups in total. The van der Waals surface area contributed by atoms with Crippen LogP contribution in [0.2, 0.25) is 15.1 Å². The van der Waals surface area contributed by atoms with E-state index in [2.05, 4.69) is 11.2 Å². The number of ether oxygens (including phenoxy) is 1. The van der Waals surface area contributed by atoms with Gasteiger partial charge in [0.15, 0.2) is 6.10 Å². The van der Waals surface area contributed by atoms with Crippen molar-refractivity contribution in [3.05, 3.63) is 62.4 Å². The van der Waals surface area contributed by atoms with Crippen LogP contribution in [0.15, 0.2) is 41.5 Å². The van der Waals surface area contributed by atoms with E-state index < -0.39 is 23.7 Å². The van der Waals surface area contributed by atoms with Crippen molar-refractivity contribution < 1.29 is 23.5 Å². The van der Waals surface area contributed by atoms with E-state index in [0.717, 1.165) is 23.8 Å². The number of nitrogens with zero attached hydrogens (tertiary/aromatic N) is 1. The third-order valence-electron chi connectivity index (χ3n) is 5.70. The summed E-state index contributed by atoms with van der Waals surface area (Å²) in [6, 6.07) is 7.25. The molecule has 0 saturated heterocycles. The van der Waals surface area contributed by atoms with Gasteiger partial charge >= 0.3 is 0 Å². The number of hydrogen-bond donors (Lipinski definition) is 1. The van der Waals surface area contributed by atoms with Crippen LogP contribution in [0.1, 0.15) is 46.0 Å². The van der Waals surface area contributed by atoms with Crippen molar-refractivity contribution in [1.82, 2.24) is 0 Å². The van der Waals surface area contributed by atoms with Crippen LogP contribution in [-0.2, 0) is 14.4 Å². The highest BCUT2D eigenvalue weighted by molar-refractivity contribution is 6.42. The van der Waals surface area contributed by atoms with E-state index in [-0.39, 0.29) is 22.4 Å². The first-order valence-corrected chi connectivity index (χ1v) is 12.7. The largest absolute Gasteiger partial charge is 0.476 e. The van der Waals surface area contributed by atoms with E-state index in [0.29, 0.717) is 46.1 Å². The maximum Gasteiger partial charge on any atom is 0.261 e. The second kappa shape index (κ2) is 12.5. The summed E-state index contributed by atoms with van der Waals surface area (Å²) in [5.41, 5.74) is 1.48. The number of imide groups is 1. The predicted molar refractivity (Wildman–Crippen MR) is 144 cm³/mol. The van der Waals surface area contributed by atoms with Gasteiger partial charge in [0.1, 0.15) is 11.6 Å². The number of carbonyl (C=O) groups excluding carboxylic acids is 3. The van der Waals surface area contributed by atoms with Gasteiger partial charge in [0.05, 0.1) is 20.8 Å². The molecule has 6 nitrogen and oxygen atoms in total. The third-order valence-corrected chi connectivity index (χ3v) is 6.73. The van der Waals surface area contributed by atoms with Gasteiger partial charge in [-0.1, -0.05) is 47.6 Å². The fourth-order valence-corrected chi connectivity index (χ4v) is 4.28. The molecule has 1 aliphatic heterocycles. The molecule has 0 saturated carbocycles. The molecule has 3 amide bonds. The number of anilines is 2. The van der Waals surface area contributed by atoms with E-state index in [1.807, 2.05) is 0 Å². The van der Waals surface area contributed by atoms with Crippen LogP contribution < -0.4 is 15.0 Å². The molecule has 1 heterocycles. The maximum atomic E-state index is 14.4. The number of amides is 3. The minimum atomic E-state index is -0.762. The van der Waals surface area contributed by atoms with Crippen LogP contribution in [0, 0.1) is 18.2 Å². The lowest BCUT2D eigenvalue weighted by Crippen LogP contribution is -2.32. The van der Waals surface area contributed by atoms with Crippen molar-refractivity contribution in [2.24, 2.45) is 0 Å². The molecule has 0 bridgehead atoms. The highest BCUT2D eigenvalue weighted by Crippen LogP contribution is 2.39. The van der Waals surface area contributed by atoms with Crippen molar-refractivity contribution in [1.29, 1.82) is 0 Å². The molecule has 4 rings (SSSR count). The molecule has 2 aromatic rings. The minimum absolute atomic E-state index is 0.0233. The molecule has 2 aliphatic rings. The van der Waals surface area contributed by atoms with Gasteiger partial charge in [-0.2, -0.15) is 0 Å². The Kier molecular flexibility index (Phi) is 9.61. The quantitative estimate of drug-likeness (QED) is 0.314. The smallest absolute Gasteiger partial charge is 0.261 e. The number of hydrogen-bond acceptors (Lipinski definition) is 4. The molecule has 37 heavy (non-hydrogen) atoms. The first-order chi connectivity index (χ1) is 17.6. The molecular formula is C27H24Cl3FN2O4. The van der Waals surface area contributed by atoms with E-state index in [1.165, 1.54) is 6.07 Å². The van der Waals surface area contributed by atoms with Gasteiger partial charge in [-0.15, -0.1) is 6.42 Å². The van der Waals surface area contributed by atoms with Crippen LogP contribution in [-0.4, -0.2) is 23.8 Å². The second-order valence-electron chi connectivity index (χ2n) is 8.30. The van der Waals surface area contributed by atoms with Gasteiger partial charge in [0.25, 0.3) is 11.8 Å². The average molecular weight is 566 g/mol. The molecule has 10 heteroatoms. The topological polar surface area (TPSA) is 75.7 Å². The normalized spacial score (nSPS) is 15.4. The summed E-state index contributed by atoms with van der Waals surface area (Å²) in [4.78, 5) is 37.0. The van der Waals surface area contributed by atoms with Gasteiger partial charge in [-0.05, 0) is 56.9 Å². The third kappa shape index (κ3) is 6.64. The molecule has 1 atom stereocenters. The first kappa shape index (κ1) is 28.5. The van der Waals surface area contributed by atoms with Gasteiger partial charge in [0.2, 0.25) is 5.91 Å². The molecule has 0 radical (unpaired) electrons. The van der Waals surface area contributed by atoms with E-state index >= 15 is 0 Å². The highest BCUT2D eigenvalue weighted by atomic mass is 35.5. The van der Waals surface area contributed by atoms with Crippen molar-refractivity contribution >= 4 is 63.9 Å². The Morgan fingerprint density at radius 3 is 2.24 bits per heavy atom. The zero-order valence-electron chi connectivity index (χ0n) is 20.2. The Morgan fingerprint density at radius 2 is 1.70 bits per heavy atom. The first-order valence-electron chi connectivity index (χ1n) is 11.5. The van der Waals surface area contributed by atoms with Crippen LogP contribution in [0.5, 0.6) is 5.75 Å². The van der Waals surface area contributed by atoms with Crippen LogP contribution in [0.3, 0.4) is 0 Å². The molecule has 0 aromatic heterocycles. The molecule has 1 unspecified atom stereocenters. The molecule has 2 aromatic carbocycles. The van der Waals surface area contributed by atoms with Gasteiger partial charge < -0.3 is 10.1 Å². The minimum Gasteiger partial charge on any atom is -0.476 e. The molecule has 194 valence electrons. The summed E-state index contributed by atoms with van der Waals surface area (Å²) < 4.78 is 19.8. The van der Waals surface area contributed by atoms with Crippen molar-refractivity contribution in [2.75, 3.05) is 10.2 Å². The SMILES string of the molecule is C#CC(C)Oc1cc(N2C(=O)C3=C(CCCC3)C2=O)c(F)cc1Cl.CCC(=O)Nc1ccc(Cl)c(Cl)c1. The zero-order chi connectivity index (χ0) is 27.3. The Morgan fingerprint density at radius 1 is 1.08 bits per heavy atom. The highest BCUT2D eigenvalue weighted by Gasteiger charge is 2.41. The summed E-state index contributed by atoms with van der Waals surface area (Å²) in [7, 11) is 0. The molecular weight excluding hydrogens is 542 g/mol. The summed E-state index contributed by atoms with van der Waals surface area (Å²) in [6.07, 6.45) is 7.91. The lowest BCUT2D eigenvalue weighted by atomic mass is 9.93. The van der Waals surface area contributed by atoms with Crippen LogP contribution >= 0.6 is 34.8 Å².